The molecule has 1 aromatic heterocycles. The first-order chi connectivity index (χ1) is 12.9. The molecule has 146 valence electrons. The number of carbonyl (C=O) groups excluding carboxylic acids is 1. The Morgan fingerprint density at radius 3 is 3.00 bits per heavy atom. The number of halogens is 2. The minimum atomic E-state index is -0.198. The quantitative estimate of drug-likeness (QED) is 0.691. The van der Waals surface area contributed by atoms with Crippen LogP contribution in [0.2, 0.25) is 0 Å². The Bertz CT molecular complexity index is 798. The molecule has 0 bridgehead atoms. The molecule has 0 aliphatic carbocycles. The van der Waals surface area contributed by atoms with Crippen LogP contribution in [0.1, 0.15) is 37.0 Å². The zero-order chi connectivity index (χ0) is 19.4. The number of benzene rings is 1. The van der Waals surface area contributed by atoms with Crippen molar-refractivity contribution in [1.29, 1.82) is 0 Å². The van der Waals surface area contributed by atoms with Crippen LogP contribution < -0.4 is 0 Å². The maximum atomic E-state index is 14.1. The van der Waals surface area contributed by atoms with E-state index in [9.17, 15) is 9.18 Å². The Morgan fingerprint density at radius 2 is 2.30 bits per heavy atom. The molecule has 8 heteroatoms. The Kier molecular flexibility index (Phi) is 6.59. The molecule has 0 saturated carbocycles. The van der Waals surface area contributed by atoms with Crippen LogP contribution in [0.5, 0.6) is 0 Å². The van der Waals surface area contributed by atoms with E-state index in [4.69, 9.17) is 4.52 Å². The number of aryl methyl sites for hydroxylation is 1. The van der Waals surface area contributed by atoms with Gasteiger partial charge in [-0.25, -0.2) is 4.39 Å². The van der Waals surface area contributed by atoms with E-state index in [1.807, 2.05) is 11.0 Å². The number of nitrogens with zero attached hydrogens (tertiary/aromatic N) is 4. The number of amides is 1. The van der Waals surface area contributed by atoms with Gasteiger partial charge in [-0.2, -0.15) is 4.98 Å². The first-order valence-corrected chi connectivity index (χ1v) is 9.94. The van der Waals surface area contributed by atoms with Crippen molar-refractivity contribution in [3.63, 3.8) is 0 Å². The first kappa shape index (κ1) is 19.9. The van der Waals surface area contributed by atoms with Gasteiger partial charge in [0.1, 0.15) is 5.82 Å². The van der Waals surface area contributed by atoms with Gasteiger partial charge in [0.25, 0.3) is 0 Å². The normalized spacial score (nSPS) is 17.9. The molecule has 0 radical (unpaired) electrons. The van der Waals surface area contributed by atoms with Gasteiger partial charge in [-0.05, 0) is 37.6 Å². The number of carbonyl (C=O) groups is 1. The van der Waals surface area contributed by atoms with Crippen LogP contribution in [0.15, 0.2) is 27.2 Å². The van der Waals surface area contributed by atoms with Gasteiger partial charge in [-0.1, -0.05) is 21.1 Å². The highest BCUT2D eigenvalue weighted by Crippen LogP contribution is 2.22. The van der Waals surface area contributed by atoms with Crippen LogP contribution in [0.4, 0.5) is 4.39 Å². The van der Waals surface area contributed by atoms with Crippen molar-refractivity contribution in [3.8, 4) is 0 Å². The lowest BCUT2D eigenvalue weighted by molar-refractivity contribution is -0.132. The van der Waals surface area contributed by atoms with E-state index in [2.05, 4.69) is 31.0 Å². The summed E-state index contributed by atoms with van der Waals surface area (Å²) in [5.74, 6) is 0.980. The van der Waals surface area contributed by atoms with Gasteiger partial charge in [-0.15, -0.1) is 0 Å². The predicted octanol–water partition coefficient (Wildman–Crippen LogP) is 3.34. The second-order valence-corrected chi connectivity index (χ2v) is 7.87. The molecule has 1 aliphatic rings. The molecule has 2 aromatic rings. The van der Waals surface area contributed by atoms with Crippen molar-refractivity contribution >= 4 is 21.8 Å². The van der Waals surface area contributed by atoms with E-state index in [0.717, 1.165) is 30.4 Å². The van der Waals surface area contributed by atoms with Crippen LogP contribution in [0.25, 0.3) is 0 Å². The molecule has 0 spiro atoms. The standard InChI is InChI=1S/C19H24BrFN4O2/c1-13-22-19(23-27-13)7-9-25(14(2)26)17-4-3-8-24(12-17)11-15-10-16(20)5-6-18(15)21/h5-6,10,17H,3-4,7-9,11-12H2,1-2H3. The maximum absolute atomic E-state index is 14.1. The van der Waals surface area contributed by atoms with Crippen molar-refractivity contribution in [3.05, 3.63) is 45.8 Å². The monoisotopic (exact) mass is 438 g/mol. The fourth-order valence-corrected chi connectivity index (χ4v) is 4.00. The van der Waals surface area contributed by atoms with Crippen molar-refractivity contribution in [2.75, 3.05) is 19.6 Å². The average Bonchev–Trinajstić information content (AvgIpc) is 3.04. The van der Waals surface area contributed by atoms with Gasteiger partial charge >= 0.3 is 0 Å². The summed E-state index contributed by atoms with van der Waals surface area (Å²) in [6, 6.07) is 5.12. The van der Waals surface area contributed by atoms with Crippen molar-refractivity contribution in [2.45, 2.75) is 45.7 Å². The minimum Gasteiger partial charge on any atom is -0.340 e. The summed E-state index contributed by atoms with van der Waals surface area (Å²) in [4.78, 5) is 20.5. The molecule has 1 aromatic carbocycles. The molecule has 3 rings (SSSR count). The Balaban J connectivity index is 1.63. The summed E-state index contributed by atoms with van der Waals surface area (Å²) in [5.41, 5.74) is 0.668. The highest BCUT2D eigenvalue weighted by molar-refractivity contribution is 9.10. The molecule has 2 heterocycles. The Hall–Kier alpha value is -1.80. The van der Waals surface area contributed by atoms with Crippen LogP contribution in [0, 0.1) is 12.7 Å². The predicted molar refractivity (Wildman–Crippen MR) is 103 cm³/mol. The van der Waals surface area contributed by atoms with Gasteiger partial charge in [0.2, 0.25) is 11.8 Å². The van der Waals surface area contributed by atoms with Crippen LogP contribution in [-0.2, 0) is 17.8 Å². The van der Waals surface area contributed by atoms with E-state index >= 15 is 0 Å². The highest BCUT2D eigenvalue weighted by atomic mass is 79.9. The minimum absolute atomic E-state index is 0.0377. The number of aromatic nitrogens is 2. The second kappa shape index (κ2) is 8.93. The Labute approximate surface area is 166 Å². The summed E-state index contributed by atoms with van der Waals surface area (Å²) in [7, 11) is 0. The van der Waals surface area contributed by atoms with Crippen LogP contribution >= 0.6 is 15.9 Å². The van der Waals surface area contributed by atoms with E-state index in [0.29, 0.717) is 36.8 Å². The lowest BCUT2D eigenvalue weighted by Crippen LogP contribution is -2.50. The second-order valence-electron chi connectivity index (χ2n) is 6.96. The number of hydrogen-bond donors (Lipinski definition) is 0. The molecule has 27 heavy (non-hydrogen) atoms. The van der Waals surface area contributed by atoms with E-state index in [1.54, 1.807) is 19.9 Å². The maximum Gasteiger partial charge on any atom is 0.223 e. The molecule has 6 nitrogen and oxygen atoms in total. The lowest BCUT2D eigenvalue weighted by Gasteiger charge is -2.39. The third-order valence-electron chi connectivity index (χ3n) is 4.87. The van der Waals surface area contributed by atoms with Crippen LogP contribution in [-0.4, -0.2) is 51.5 Å². The fourth-order valence-electron chi connectivity index (χ4n) is 3.59. The largest absolute Gasteiger partial charge is 0.340 e. The molecule has 0 N–H and O–H groups in total. The Morgan fingerprint density at radius 1 is 1.48 bits per heavy atom. The number of hydrogen-bond acceptors (Lipinski definition) is 5. The SMILES string of the molecule is CC(=O)N(CCc1noc(C)n1)C1CCCN(Cc2cc(Br)ccc2F)C1. The molecule has 1 fully saturated rings. The van der Waals surface area contributed by atoms with E-state index in [-0.39, 0.29) is 17.8 Å². The van der Waals surface area contributed by atoms with E-state index < -0.39 is 0 Å². The first-order valence-electron chi connectivity index (χ1n) is 9.15. The van der Waals surface area contributed by atoms with E-state index in [1.165, 1.54) is 6.07 Å². The van der Waals surface area contributed by atoms with Gasteiger partial charge in [0, 0.05) is 56.0 Å². The van der Waals surface area contributed by atoms with Crippen molar-refractivity contribution in [2.24, 2.45) is 0 Å². The van der Waals surface area contributed by atoms with Gasteiger partial charge < -0.3 is 9.42 Å². The fraction of sp³-hybridized carbons (Fsp3) is 0.526. The van der Waals surface area contributed by atoms with Crippen molar-refractivity contribution < 1.29 is 13.7 Å². The summed E-state index contributed by atoms with van der Waals surface area (Å²) in [6.07, 6.45) is 2.49. The molecule has 1 amide bonds. The molecule has 1 aliphatic heterocycles. The van der Waals surface area contributed by atoms with Gasteiger partial charge in [-0.3, -0.25) is 9.69 Å². The summed E-state index contributed by atoms with van der Waals surface area (Å²) in [6.45, 7) is 6.07. The third kappa shape index (κ3) is 5.35. The number of likely N-dealkylation sites (tertiary alicyclic amines) is 1. The number of rotatable bonds is 6. The van der Waals surface area contributed by atoms with Gasteiger partial charge in [0.15, 0.2) is 5.82 Å². The summed E-state index contributed by atoms with van der Waals surface area (Å²) >= 11 is 3.40. The zero-order valence-electron chi connectivity index (χ0n) is 15.6. The molecular weight excluding hydrogens is 415 g/mol. The molecule has 1 unspecified atom stereocenters. The topological polar surface area (TPSA) is 62.5 Å². The molecular formula is C19H24BrFN4O2. The third-order valence-corrected chi connectivity index (χ3v) is 5.37. The number of piperidine rings is 1. The zero-order valence-corrected chi connectivity index (χ0v) is 17.2. The molecule has 1 saturated heterocycles. The summed E-state index contributed by atoms with van der Waals surface area (Å²) in [5, 5.41) is 3.90. The molecule has 1 atom stereocenters. The lowest BCUT2D eigenvalue weighted by atomic mass is 10.0. The van der Waals surface area contributed by atoms with Crippen molar-refractivity contribution in [1.82, 2.24) is 19.9 Å². The average molecular weight is 439 g/mol. The van der Waals surface area contributed by atoms with Crippen LogP contribution in [0.3, 0.4) is 0 Å². The highest BCUT2D eigenvalue weighted by Gasteiger charge is 2.27. The summed E-state index contributed by atoms with van der Waals surface area (Å²) < 4.78 is 19.9. The van der Waals surface area contributed by atoms with Gasteiger partial charge in [0.05, 0.1) is 0 Å². The smallest absolute Gasteiger partial charge is 0.223 e.